The Morgan fingerprint density at radius 2 is 1.52 bits per heavy atom. The first-order chi connectivity index (χ1) is 12.0. The Morgan fingerprint density at radius 1 is 1.00 bits per heavy atom. The molecule has 0 unspecified atom stereocenters. The predicted octanol–water partition coefficient (Wildman–Crippen LogP) is 2.95. The Balaban J connectivity index is 1.94. The van der Waals surface area contributed by atoms with E-state index < -0.39 is 11.6 Å². The maximum atomic E-state index is 13.1. The second-order valence-corrected chi connectivity index (χ2v) is 6.85. The molecule has 1 aliphatic rings. The van der Waals surface area contributed by atoms with Crippen molar-refractivity contribution in [3.8, 4) is 0 Å². The summed E-state index contributed by atoms with van der Waals surface area (Å²) in [6.45, 7) is 0. The summed E-state index contributed by atoms with van der Waals surface area (Å²) in [4.78, 5) is 15.2. The first kappa shape index (κ1) is 17.6. The van der Waals surface area contributed by atoms with Crippen molar-refractivity contribution in [2.75, 3.05) is 14.1 Å². The standard InChI is InChI=1S/C21H25NO3/c1-22(2)18-14-9-15-19(18)25-20(23)21(24,16-10-5-3-6-11-16)17-12-7-4-8-13-17/h3-8,10-13,18-19,24H,9,14-15H2,1-2H3/t18-,19-/m0/s1. The molecular weight excluding hydrogens is 314 g/mol. The van der Waals surface area contributed by atoms with Gasteiger partial charge >= 0.3 is 5.97 Å². The maximum absolute atomic E-state index is 13.1. The van der Waals surface area contributed by atoms with Crippen LogP contribution in [0.5, 0.6) is 0 Å². The third kappa shape index (κ3) is 3.46. The van der Waals surface area contributed by atoms with E-state index in [0.717, 1.165) is 19.3 Å². The van der Waals surface area contributed by atoms with Gasteiger partial charge in [0.15, 0.2) is 0 Å². The largest absolute Gasteiger partial charge is 0.458 e. The molecule has 0 aromatic heterocycles. The minimum atomic E-state index is -1.80. The molecule has 0 heterocycles. The quantitative estimate of drug-likeness (QED) is 0.851. The number of aliphatic hydroxyl groups is 1. The highest BCUT2D eigenvalue weighted by Crippen LogP contribution is 2.34. The van der Waals surface area contributed by atoms with Crippen molar-refractivity contribution in [2.24, 2.45) is 0 Å². The predicted molar refractivity (Wildman–Crippen MR) is 97.1 cm³/mol. The van der Waals surface area contributed by atoms with Gasteiger partial charge in [0.1, 0.15) is 6.10 Å². The first-order valence-corrected chi connectivity index (χ1v) is 8.74. The van der Waals surface area contributed by atoms with Crippen LogP contribution in [0.25, 0.3) is 0 Å². The molecule has 2 aromatic carbocycles. The van der Waals surface area contributed by atoms with Gasteiger partial charge in [-0.05, 0) is 44.5 Å². The number of hydrogen-bond acceptors (Lipinski definition) is 4. The van der Waals surface area contributed by atoms with E-state index in [-0.39, 0.29) is 12.1 Å². The summed E-state index contributed by atoms with van der Waals surface area (Å²) in [6, 6.07) is 18.2. The molecule has 4 nitrogen and oxygen atoms in total. The van der Waals surface area contributed by atoms with Crippen molar-refractivity contribution in [3.05, 3.63) is 71.8 Å². The van der Waals surface area contributed by atoms with Crippen LogP contribution in [0.4, 0.5) is 0 Å². The second kappa shape index (κ2) is 7.38. The zero-order valence-corrected chi connectivity index (χ0v) is 14.8. The maximum Gasteiger partial charge on any atom is 0.348 e. The van der Waals surface area contributed by atoms with Gasteiger partial charge < -0.3 is 14.7 Å². The smallest absolute Gasteiger partial charge is 0.348 e. The summed E-state index contributed by atoms with van der Waals surface area (Å²) >= 11 is 0. The van der Waals surface area contributed by atoms with Crippen LogP contribution in [0.2, 0.25) is 0 Å². The summed E-state index contributed by atoms with van der Waals surface area (Å²) in [7, 11) is 3.99. The molecule has 0 amide bonds. The fourth-order valence-corrected chi connectivity index (χ4v) is 3.62. The highest BCUT2D eigenvalue weighted by molar-refractivity contribution is 5.85. The Kier molecular flexibility index (Phi) is 5.21. The van der Waals surface area contributed by atoms with Gasteiger partial charge in [0, 0.05) is 6.04 Å². The number of ether oxygens (including phenoxy) is 1. The highest BCUT2D eigenvalue weighted by atomic mass is 16.6. The summed E-state index contributed by atoms with van der Waals surface area (Å²) in [6.07, 6.45) is 2.66. The van der Waals surface area contributed by atoms with Crippen LogP contribution >= 0.6 is 0 Å². The van der Waals surface area contributed by atoms with Gasteiger partial charge in [0.2, 0.25) is 5.60 Å². The van der Waals surface area contributed by atoms with Gasteiger partial charge in [0.05, 0.1) is 0 Å². The Bertz CT molecular complexity index is 660. The van der Waals surface area contributed by atoms with Crippen molar-refractivity contribution >= 4 is 5.97 Å². The molecule has 25 heavy (non-hydrogen) atoms. The normalized spacial score (nSPS) is 20.6. The Labute approximate surface area is 149 Å². The molecule has 4 heteroatoms. The molecule has 1 aliphatic carbocycles. The topological polar surface area (TPSA) is 49.8 Å². The Hall–Kier alpha value is -2.17. The van der Waals surface area contributed by atoms with E-state index in [2.05, 4.69) is 4.90 Å². The van der Waals surface area contributed by atoms with Gasteiger partial charge in [-0.15, -0.1) is 0 Å². The fourth-order valence-electron chi connectivity index (χ4n) is 3.62. The van der Waals surface area contributed by atoms with Crippen molar-refractivity contribution < 1.29 is 14.6 Å². The van der Waals surface area contributed by atoms with E-state index in [4.69, 9.17) is 4.74 Å². The second-order valence-electron chi connectivity index (χ2n) is 6.85. The van der Waals surface area contributed by atoms with Crippen LogP contribution in [0.1, 0.15) is 30.4 Å². The van der Waals surface area contributed by atoms with Crippen LogP contribution in [-0.4, -0.2) is 42.2 Å². The fraction of sp³-hybridized carbons (Fsp3) is 0.381. The number of carbonyl (C=O) groups excluding carboxylic acids is 1. The minimum absolute atomic E-state index is 0.193. The molecule has 2 atom stereocenters. The van der Waals surface area contributed by atoms with Crippen LogP contribution < -0.4 is 0 Å². The van der Waals surface area contributed by atoms with Gasteiger partial charge in [-0.25, -0.2) is 4.79 Å². The third-order valence-electron chi connectivity index (χ3n) is 5.02. The zero-order valence-electron chi connectivity index (χ0n) is 14.8. The van der Waals surface area contributed by atoms with Gasteiger partial charge in [-0.1, -0.05) is 60.7 Å². The monoisotopic (exact) mass is 339 g/mol. The lowest BCUT2D eigenvalue weighted by molar-refractivity contribution is -0.169. The molecule has 1 N–H and O–H groups in total. The molecule has 132 valence electrons. The molecule has 3 rings (SSSR count). The van der Waals surface area contributed by atoms with Crippen molar-refractivity contribution in [3.63, 3.8) is 0 Å². The van der Waals surface area contributed by atoms with Crippen molar-refractivity contribution in [2.45, 2.75) is 37.0 Å². The minimum Gasteiger partial charge on any atom is -0.458 e. The van der Waals surface area contributed by atoms with Crippen LogP contribution in [-0.2, 0) is 15.1 Å². The molecule has 2 aromatic rings. The summed E-state index contributed by atoms with van der Waals surface area (Å²) < 4.78 is 5.83. The van der Waals surface area contributed by atoms with E-state index >= 15 is 0 Å². The lowest BCUT2D eigenvalue weighted by atomic mass is 9.86. The van der Waals surface area contributed by atoms with E-state index in [1.165, 1.54) is 0 Å². The van der Waals surface area contributed by atoms with Crippen LogP contribution in [0.15, 0.2) is 60.7 Å². The van der Waals surface area contributed by atoms with Gasteiger partial charge in [0.25, 0.3) is 0 Å². The van der Waals surface area contributed by atoms with Gasteiger partial charge in [-0.2, -0.15) is 0 Å². The molecule has 1 fully saturated rings. The molecule has 0 bridgehead atoms. The lowest BCUT2D eigenvalue weighted by Gasteiger charge is -2.31. The number of esters is 1. The number of carbonyl (C=O) groups is 1. The van der Waals surface area contributed by atoms with Gasteiger partial charge in [-0.3, -0.25) is 0 Å². The van der Waals surface area contributed by atoms with Crippen LogP contribution in [0.3, 0.4) is 0 Å². The SMILES string of the molecule is CN(C)[C@H]1CCC[C@@H]1OC(=O)C(O)(c1ccccc1)c1ccccc1. The van der Waals surface area contributed by atoms with Crippen LogP contribution in [0, 0.1) is 0 Å². The molecule has 0 saturated heterocycles. The Morgan fingerprint density at radius 3 is 2.00 bits per heavy atom. The van der Waals surface area contributed by atoms with Crippen molar-refractivity contribution in [1.82, 2.24) is 4.90 Å². The van der Waals surface area contributed by atoms with Crippen molar-refractivity contribution in [1.29, 1.82) is 0 Å². The van der Waals surface area contributed by atoms with E-state index in [1.54, 1.807) is 24.3 Å². The highest BCUT2D eigenvalue weighted by Gasteiger charge is 2.44. The molecule has 0 radical (unpaired) electrons. The number of nitrogens with zero attached hydrogens (tertiary/aromatic N) is 1. The molecule has 0 spiro atoms. The van der Waals surface area contributed by atoms with E-state index in [0.29, 0.717) is 11.1 Å². The van der Waals surface area contributed by atoms with E-state index in [1.807, 2.05) is 50.5 Å². The number of likely N-dealkylation sites (N-methyl/N-ethyl adjacent to an activating group) is 1. The molecule has 0 aliphatic heterocycles. The number of hydrogen-bond donors (Lipinski definition) is 1. The lowest BCUT2D eigenvalue weighted by Crippen LogP contribution is -2.44. The molecular formula is C21H25NO3. The average molecular weight is 339 g/mol. The summed E-state index contributed by atoms with van der Waals surface area (Å²) in [5.41, 5.74) is -0.765. The third-order valence-corrected chi connectivity index (χ3v) is 5.02. The zero-order chi connectivity index (χ0) is 17.9. The molecule has 1 saturated carbocycles. The summed E-state index contributed by atoms with van der Waals surface area (Å²) in [5.74, 6) is -0.608. The summed E-state index contributed by atoms with van der Waals surface area (Å²) in [5, 5.41) is 11.4. The number of rotatable bonds is 5. The first-order valence-electron chi connectivity index (χ1n) is 8.74. The number of benzene rings is 2. The van der Waals surface area contributed by atoms with E-state index in [9.17, 15) is 9.90 Å². The average Bonchev–Trinajstić information content (AvgIpc) is 3.11.